The molecular formula is C27H38O8. The Bertz CT molecular complexity index is 887. The zero-order valence-corrected chi connectivity index (χ0v) is 21.0. The molecule has 0 bridgehead atoms. The number of hydrogen-bond acceptors (Lipinski definition) is 8. The van der Waals surface area contributed by atoms with Gasteiger partial charge in [0.25, 0.3) is 0 Å². The molecule has 194 valence electrons. The largest absolute Gasteiger partial charge is 0.394 e. The van der Waals surface area contributed by atoms with Gasteiger partial charge >= 0.3 is 0 Å². The van der Waals surface area contributed by atoms with Crippen LogP contribution in [0.3, 0.4) is 0 Å². The van der Waals surface area contributed by atoms with Gasteiger partial charge in [-0.05, 0) is 45.3 Å². The minimum Gasteiger partial charge on any atom is -0.394 e. The van der Waals surface area contributed by atoms with Gasteiger partial charge in [-0.2, -0.15) is 0 Å². The molecule has 0 fully saturated rings. The van der Waals surface area contributed by atoms with E-state index in [9.17, 15) is 19.8 Å². The van der Waals surface area contributed by atoms with Crippen molar-refractivity contribution in [2.75, 3.05) is 39.6 Å². The Morgan fingerprint density at radius 1 is 0.943 bits per heavy atom. The topological polar surface area (TPSA) is 123 Å². The van der Waals surface area contributed by atoms with Gasteiger partial charge in [0.05, 0.1) is 39.6 Å². The normalized spacial score (nSPS) is 17.2. The molecule has 0 amide bonds. The quantitative estimate of drug-likeness (QED) is 0.253. The van der Waals surface area contributed by atoms with E-state index in [-0.39, 0.29) is 24.8 Å². The lowest BCUT2D eigenvalue weighted by atomic mass is 9.84. The van der Waals surface area contributed by atoms with Gasteiger partial charge in [0.2, 0.25) is 0 Å². The van der Waals surface area contributed by atoms with Crippen molar-refractivity contribution >= 4 is 11.6 Å². The van der Waals surface area contributed by atoms with Crippen molar-refractivity contribution in [3.63, 3.8) is 0 Å². The first kappa shape index (κ1) is 29.0. The Hall–Kier alpha value is -2.20. The molecule has 0 saturated carbocycles. The number of aliphatic hydroxyl groups is 3. The maximum Gasteiger partial charge on any atom is 0.193 e. The Kier molecular flexibility index (Phi) is 11.0. The smallest absolute Gasteiger partial charge is 0.193 e. The second-order valence-electron chi connectivity index (χ2n) is 9.54. The van der Waals surface area contributed by atoms with Gasteiger partial charge in [-0.25, -0.2) is 0 Å². The van der Waals surface area contributed by atoms with E-state index in [1.807, 2.05) is 12.2 Å². The average Bonchev–Trinajstić information content (AvgIpc) is 2.81. The van der Waals surface area contributed by atoms with E-state index < -0.39 is 23.2 Å². The third kappa shape index (κ3) is 9.07. The third-order valence-corrected chi connectivity index (χ3v) is 5.52. The molecule has 0 radical (unpaired) electrons. The Morgan fingerprint density at radius 3 is 2.06 bits per heavy atom. The van der Waals surface area contributed by atoms with Crippen LogP contribution in [0.5, 0.6) is 0 Å². The molecule has 1 aliphatic carbocycles. The summed E-state index contributed by atoms with van der Waals surface area (Å²) in [5.74, 6) is -1.02. The number of benzene rings is 1. The molecule has 2 atom stereocenters. The van der Waals surface area contributed by atoms with E-state index in [1.54, 1.807) is 30.3 Å². The Balaban J connectivity index is 2.10. The molecule has 0 heterocycles. The van der Waals surface area contributed by atoms with Gasteiger partial charge in [-0.1, -0.05) is 42.5 Å². The van der Waals surface area contributed by atoms with Crippen LogP contribution in [-0.2, 0) is 19.0 Å². The Labute approximate surface area is 207 Å². The van der Waals surface area contributed by atoms with E-state index >= 15 is 0 Å². The number of rotatable bonds is 15. The van der Waals surface area contributed by atoms with Crippen molar-refractivity contribution in [3.05, 3.63) is 59.2 Å². The first-order valence-corrected chi connectivity index (χ1v) is 11.8. The first-order valence-electron chi connectivity index (χ1n) is 11.8. The standard InChI is InChI=1S/C27H38O8/c1-26(2,31)24(29)21-9-5-19(6-10-21)23(35-18-17-34-16-15-33-14-13-28)20-7-11-22(12-8-20)25(30)27(3,4)32/h5-11,22-23,28,31-32H,12-18H2,1-4H3. The first-order chi connectivity index (χ1) is 16.4. The van der Waals surface area contributed by atoms with Crippen LogP contribution in [0.2, 0.25) is 0 Å². The van der Waals surface area contributed by atoms with Gasteiger partial charge < -0.3 is 29.5 Å². The van der Waals surface area contributed by atoms with Gasteiger partial charge in [-0.15, -0.1) is 0 Å². The van der Waals surface area contributed by atoms with Crippen LogP contribution in [0.15, 0.2) is 48.1 Å². The van der Waals surface area contributed by atoms with Crippen LogP contribution in [0.25, 0.3) is 0 Å². The molecule has 1 aliphatic rings. The summed E-state index contributed by atoms with van der Waals surface area (Å²) < 4.78 is 16.8. The molecule has 0 aliphatic heterocycles. The number of ether oxygens (including phenoxy) is 3. The lowest BCUT2D eigenvalue weighted by molar-refractivity contribution is -0.136. The summed E-state index contributed by atoms with van der Waals surface area (Å²) >= 11 is 0. The minimum atomic E-state index is -1.47. The summed E-state index contributed by atoms with van der Waals surface area (Å²) in [6.45, 7) is 7.51. The van der Waals surface area contributed by atoms with Crippen molar-refractivity contribution < 1.29 is 39.1 Å². The predicted octanol–water partition coefficient (Wildman–Crippen LogP) is 2.57. The molecule has 2 rings (SSSR count). The summed E-state index contributed by atoms with van der Waals surface area (Å²) in [5, 5.41) is 28.8. The Morgan fingerprint density at radius 2 is 1.54 bits per heavy atom. The molecule has 0 aromatic heterocycles. The van der Waals surface area contributed by atoms with E-state index in [4.69, 9.17) is 19.3 Å². The molecule has 1 aromatic rings. The molecule has 2 unspecified atom stereocenters. The van der Waals surface area contributed by atoms with E-state index in [0.717, 1.165) is 11.1 Å². The maximum absolute atomic E-state index is 12.4. The molecular weight excluding hydrogens is 452 g/mol. The highest BCUT2D eigenvalue weighted by Gasteiger charge is 2.31. The molecule has 0 spiro atoms. The van der Waals surface area contributed by atoms with Crippen LogP contribution < -0.4 is 0 Å². The summed E-state index contributed by atoms with van der Waals surface area (Å²) in [5.41, 5.74) is -0.802. The van der Waals surface area contributed by atoms with Gasteiger partial charge in [-0.3, -0.25) is 9.59 Å². The highest BCUT2D eigenvalue weighted by atomic mass is 16.5. The summed E-state index contributed by atoms with van der Waals surface area (Å²) in [7, 11) is 0. The van der Waals surface area contributed by atoms with Crippen LogP contribution in [0.4, 0.5) is 0 Å². The van der Waals surface area contributed by atoms with E-state index in [2.05, 4.69) is 0 Å². The zero-order valence-electron chi connectivity index (χ0n) is 21.0. The second-order valence-corrected chi connectivity index (χ2v) is 9.54. The van der Waals surface area contributed by atoms with Gasteiger partial charge in [0, 0.05) is 11.5 Å². The zero-order chi connectivity index (χ0) is 26.1. The summed E-state index contributed by atoms with van der Waals surface area (Å²) in [6, 6.07) is 6.90. The maximum atomic E-state index is 12.4. The van der Waals surface area contributed by atoms with E-state index in [1.165, 1.54) is 27.7 Å². The number of carbonyl (C=O) groups excluding carboxylic acids is 2. The fourth-order valence-electron chi connectivity index (χ4n) is 3.64. The lowest BCUT2D eigenvalue weighted by Gasteiger charge is -2.26. The third-order valence-electron chi connectivity index (χ3n) is 5.52. The average molecular weight is 491 g/mol. The van der Waals surface area contributed by atoms with Crippen molar-refractivity contribution in [3.8, 4) is 0 Å². The number of ketones is 2. The monoisotopic (exact) mass is 490 g/mol. The fourth-order valence-corrected chi connectivity index (χ4v) is 3.64. The number of carbonyl (C=O) groups is 2. The molecule has 8 heteroatoms. The SMILES string of the molecule is CC(C)(O)C(=O)c1ccc(C(OCCOCCOCCO)C2=CCC(C(=O)C(C)(C)O)C=C2)cc1. The van der Waals surface area contributed by atoms with Crippen LogP contribution in [-0.4, -0.2) is 77.7 Å². The number of hydrogen-bond donors (Lipinski definition) is 3. The van der Waals surface area contributed by atoms with Crippen molar-refractivity contribution in [2.24, 2.45) is 5.92 Å². The van der Waals surface area contributed by atoms with Crippen molar-refractivity contribution in [1.82, 2.24) is 0 Å². The number of Topliss-reactive ketones (excluding diaryl/α,β-unsaturated/α-hetero) is 2. The lowest BCUT2D eigenvalue weighted by Crippen LogP contribution is -2.36. The van der Waals surface area contributed by atoms with Gasteiger partial charge in [0.1, 0.15) is 17.3 Å². The highest BCUT2D eigenvalue weighted by Crippen LogP contribution is 2.32. The summed E-state index contributed by atoms with van der Waals surface area (Å²) in [4.78, 5) is 24.8. The van der Waals surface area contributed by atoms with Crippen LogP contribution >= 0.6 is 0 Å². The minimum absolute atomic E-state index is 0.0319. The van der Waals surface area contributed by atoms with Crippen LogP contribution in [0.1, 0.15) is 56.1 Å². The molecule has 35 heavy (non-hydrogen) atoms. The molecule has 3 N–H and O–H groups in total. The van der Waals surface area contributed by atoms with Gasteiger partial charge in [0.15, 0.2) is 11.6 Å². The van der Waals surface area contributed by atoms with Crippen molar-refractivity contribution in [2.45, 2.75) is 51.4 Å². The molecule has 8 nitrogen and oxygen atoms in total. The molecule has 1 aromatic carbocycles. The number of aliphatic hydroxyl groups excluding tert-OH is 1. The molecule has 0 saturated heterocycles. The predicted molar refractivity (Wildman–Crippen MR) is 131 cm³/mol. The van der Waals surface area contributed by atoms with Crippen molar-refractivity contribution in [1.29, 1.82) is 0 Å². The summed E-state index contributed by atoms with van der Waals surface area (Å²) in [6.07, 6.45) is 5.54. The fraction of sp³-hybridized carbons (Fsp3) is 0.556. The second kappa shape index (κ2) is 13.2. The number of allylic oxidation sites excluding steroid dienone is 2. The van der Waals surface area contributed by atoms with E-state index in [0.29, 0.717) is 38.4 Å². The highest BCUT2D eigenvalue weighted by molar-refractivity contribution is 6.01. The van der Waals surface area contributed by atoms with Crippen LogP contribution in [0, 0.1) is 5.92 Å².